The van der Waals surface area contributed by atoms with Crippen LogP contribution in [0.4, 0.5) is 5.69 Å². The van der Waals surface area contributed by atoms with Crippen LogP contribution in [0.3, 0.4) is 0 Å². The standard InChI is InChI=1S/C29H33Cl2N3O5S/c1-4-16-32-29(36)21(2)33(18-23-10-15-26(30)27(31)17-23)28(35)19-34(40(3,37)38)24-11-13-25(14-12-24)39-20-22-8-6-5-7-9-22/h5-15,17,21H,4,16,18-20H2,1-3H3,(H,32,36)/t21-/m0/s1. The van der Waals surface area contributed by atoms with E-state index in [2.05, 4.69) is 5.32 Å². The van der Waals surface area contributed by atoms with Crippen molar-refractivity contribution in [2.75, 3.05) is 23.7 Å². The van der Waals surface area contributed by atoms with Gasteiger partial charge in [0.25, 0.3) is 0 Å². The molecule has 0 radical (unpaired) electrons. The molecule has 8 nitrogen and oxygen atoms in total. The highest BCUT2D eigenvalue weighted by molar-refractivity contribution is 7.92. The van der Waals surface area contributed by atoms with E-state index in [0.717, 1.165) is 22.5 Å². The van der Waals surface area contributed by atoms with Crippen LogP contribution in [0.5, 0.6) is 5.75 Å². The Kier molecular flexibility index (Phi) is 11.2. The number of anilines is 1. The number of amides is 2. The fourth-order valence-corrected chi connectivity index (χ4v) is 5.05. The van der Waals surface area contributed by atoms with Crippen LogP contribution in [0.2, 0.25) is 10.0 Å². The number of nitrogens with zero attached hydrogens (tertiary/aromatic N) is 2. The summed E-state index contributed by atoms with van der Waals surface area (Å²) in [7, 11) is -3.85. The molecule has 0 aliphatic rings. The number of carbonyl (C=O) groups excluding carboxylic acids is 2. The lowest BCUT2D eigenvalue weighted by Gasteiger charge is -2.31. The molecule has 3 rings (SSSR count). The Hall–Kier alpha value is -3.27. The summed E-state index contributed by atoms with van der Waals surface area (Å²) in [5, 5.41) is 3.46. The normalized spacial score (nSPS) is 11.9. The van der Waals surface area contributed by atoms with Crippen molar-refractivity contribution in [1.82, 2.24) is 10.2 Å². The first-order valence-electron chi connectivity index (χ1n) is 12.7. The lowest BCUT2D eigenvalue weighted by atomic mass is 10.1. The second kappa shape index (κ2) is 14.4. The van der Waals surface area contributed by atoms with Crippen molar-refractivity contribution in [3.63, 3.8) is 0 Å². The van der Waals surface area contributed by atoms with Gasteiger partial charge in [0.05, 0.1) is 22.0 Å². The van der Waals surface area contributed by atoms with Crippen molar-refractivity contribution < 1.29 is 22.7 Å². The lowest BCUT2D eigenvalue weighted by Crippen LogP contribution is -2.51. The molecule has 0 saturated carbocycles. The number of halogens is 2. The smallest absolute Gasteiger partial charge is 0.244 e. The van der Waals surface area contributed by atoms with E-state index >= 15 is 0 Å². The molecule has 3 aromatic rings. The zero-order valence-electron chi connectivity index (χ0n) is 22.6. The molecule has 11 heteroatoms. The first kappa shape index (κ1) is 31.3. The zero-order chi connectivity index (χ0) is 29.3. The zero-order valence-corrected chi connectivity index (χ0v) is 25.0. The van der Waals surface area contributed by atoms with Crippen LogP contribution < -0.4 is 14.4 Å². The predicted octanol–water partition coefficient (Wildman–Crippen LogP) is 5.28. The average Bonchev–Trinajstić information content (AvgIpc) is 2.93. The van der Waals surface area contributed by atoms with Crippen LogP contribution in [0.25, 0.3) is 0 Å². The second-order valence-electron chi connectivity index (χ2n) is 9.27. The van der Waals surface area contributed by atoms with Crippen molar-refractivity contribution in [3.8, 4) is 5.75 Å². The van der Waals surface area contributed by atoms with Gasteiger partial charge in [-0.3, -0.25) is 13.9 Å². The van der Waals surface area contributed by atoms with Crippen LogP contribution in [-0.4, -0.2) is 50.5 Å². The SMILES string of the molecule is CCCNC(=O)[C@H](C)N(Cc1ccc(Cl)c(Cl)c1)C(=O)CN(c1ccc(OCc2ccccc2)cc1)S(C)(=O)=O. The maximum Gasteiger partial charge on any atom is 0.244 e. The highest BCUT2D eigenvalue weighted by Crippen LogP contribution is 2.25. The summed E-state index contributed by atoms with van der Waals surface area (Å²) in [6.07, 6.45) is 1.76. The minimum atomic E-state index is -3.85. The van der Waals surface area contributed by atoms with Crippen LogP contribution in [0.1, 0.15) is 31.4 Å². The quantitative estimate of drug-likeness (QED) is 0.286. The predicted molar refractivity (Wildman–Crippen MR) is 159 cm³/mol. The summed E-state index contributed by atoms with van der Waals surface area (Å²) in [4.78, 5) is 27.8. The Morgan fingerprint density at radius 1 is 0.950 bits per heavy atom. The molecule has 0 unspecified atom stereocenters. The molecule has 2 amide bonds. The van der Waals surface area contributed by atoms with E-state index in [1.165, 1.54) is 4.90 Å². The molecule has 0 aliphatic carbocycles. The molecule has 3 aromatic carbocycles. The van der Waals surface area contributed by atoms with Crippen molar-refractivity contribution in [1.29, 1.82) is 0 Å². The molecule has 1 atom stereocenters. The number of ether oxygens (including phenoxy) is 1. The third kappa shape index (κ3) is 8.87. The minimum absolute atomic E-state index is 0.0281. The van der Waals surface area contributed by atoms with Gasteiger partial charge in [-0.15, -0.1) is 0 Å². The molecule has 214 valence electrons. The number of sulfonamides is 1. The fraction of sp³-hybridized carbons (Fsp3) is 0.310. The summed E-state index contributed by atoms with van der Waals surface area (Å²) in [6, 6.07) is 20.1. The Labute approximate surface area is 245 Å². The average molecular weight is 607 g/mol. The number of carbonyl (C=O) groups is 2. The van der Waals surface area contributed by atoms with Crippen LogP contribution in [0, 0.1) is 0 Å². The van der Waals surface area contributed by atoms with E-state index in [1.807, 2.05) is 37.3 Å². The van der Waals surface area contributed by atoms with Gasteiger partial charge in [-0.25, -0.2) is 8.42 Å². The summed E-state index contributed by atoms with van der Waals surface area (Å²) in [6.45, 7) is 3.86. The molecule has 40 heavy (non-hydrogen) atoms. The lowest BCUT2D eigenvalue weighted by molar-refractivity contribution is -0.139. The molecule has 0 saturated heterocycles. The summed E-state index contributed by atoms with van der Waals surface area (Å²) < 4.78 is 32.4. The monoisotopic (exact) mass is 605 g/mol. The minimum Gasteiger partial charge on any atom is -0.489 e. The second-order valence-corrected chi connectivity index (χ2v) is 12.0. The Balaban J connectivity index is 1.82. The number of nitrogens with one attached hydrogen (secondary N) is 1. The van der Waals surface area contributed by atoms with Crippen molar-refractivity contribution >= 4 is 50.7 Å². The molecular formula is C29H33Cl2N3O5S. The van der Waals surface area contributed by atoms with Crippen LogP contribution in [-0.2, 0) is 32.8 Å². The maximum atomic E-state index is 13.6. The molecule has 0 aliphatic heterocycles. The number of hydrogen-bond acceptors (Lipinski definition) is 5. The van der Waals surface area contributed by atoms with Gasteiger partial charge >= 0.3 is 0 Å². The van der Waals surface area contributed by atoms with Gasteiger partial charge in [-0.1, -0.05) is 66.5 Å². The molecular weight excluding hydrogens is 573 g/mol. The third-order valence-electron chi connectivity index (χ3n) is 6.11. The number of hydrogen-bond donors (Lipinski definition) is 1. The van der Waals surface area contributed by atoms with Crippen molar-refractivity contribution in [2.45, 2.75) is 39.5 Å². The molecule has 0 bridgehead atoms. The van der Waals surface area contributed by atoms with Gasteiger partial charge in [0.2, 0.25) is 21.8 Å². The fourth-order valence-electron chi connectivity index (χ4n) is 3.88. The third-order valence-corrected chi connectivity index (χ3v) is 7.99. The molecule has 1 N–H and O–H groups in total. The van der Waals surface area contributed by atoms with Crippen molar-refractivity contribution in [3.05, 3.63) is 94.0 Å². The van der Waals surface area contributed by atoms with E-state index in [4.69, 9.17) is 27.9 Å². The van der Waals surface area contributed by atoms with Gasteiger partial charge in [0.1, 0.15) is 24.9 Å². The molecule has 0 spiro atoms. The highest BCUT2D eigenvalue weighted by atomic mass is 35.5. The first-order chi connectivity index (χ1) is 19.0. The van der Waals surface area contributed by atoms with E-state index < -0.39 is 28.5 Å². The maximum absolute atomic E-state index is 13.6. The highest BCUT2D eigenvalue weighted by Gasteiger charge is 2.30. The Bertz CT molecular complexity index is 1400. The number of benzene rings is 3. The molecule has 0 heterocycles. The van der Waals surface area contributed by atoms with Gasteiger partial charge in [-0.05, 0) is 60.9 Å². The van der Waals surface area contributed by atoms with Gasteiger partial charge in [0.15, 0.2) is 0 Å². The summed E-state index contributed by atoms with van der Waals surface area (Å²) >= 11 is 12.2. The topological polar surface area (TPSA) is 96.0 Å². The first-order valence-corrected chi connectivity index (χ1v) is 15.4. The summed E-state index contributed by atoms with van der Waals surface area (Å²) in [5.74, 6) is -0.351. The van der Waals surface area contributed by atoms with Gasteiger partial charge in [0, 0.05) is 13.1 Å². The van der Waals surface area contributed by atoms with E-state index in [0.29, 0.717) is 40.2 Å². The van der Waals surface area contributed by atoms with E-state index in [9.17, 15) is 18.0 Å². The molecule has 0 aromatic heterocycles. The van der Waals surface area contributed by atoms with Gasteiger partial charge < -0.3 is 15.0 Å². The van der Waals surface area contributed by atoms with E-state index in [-0.39, 0.29) is 12.5 Å². The van der Waals surface area contributed by atoms with Gasteiger partial charge in [-0.2, -0.15) is 0 Å². The largest absolute Gasteiger partial charge is 0.489 e. The Morgan fingerprint density at radius 2 is 1.62 bits per heavy atom. The van der Waals surface area contributed by atoms with Crippen LogP contribution in [0.15, 0.2) is 72.8 Å². The molecule has 0 fully saturated rings. The number of rotatable bonds is 13. The Morgan fingerprint density at radius 3 is 2.23 bits per heavy atom. The summed E-state index contributed by atoms with van der Waals surface area (Å²) in [5.41, 5.74) is 1.93. The van der Waals surface area contributed by atoms with E-state index in [1.54, 1.807) is 49.4 Å². The van der Waals surface area contributed by atoms with Crippen molar-refractivity contribution in [2.24, 2.45) is 0 Å². The van der Waals surface area contributed by atoms with Crippen LogP contribution >= 0.6 is 23.2 Å².